The molecule has 0 saturated heterocycles. The molecule has 2 unspecified atom stereocenters. The van der Waals surface area contributed by atoms with Gasteiger partial charge in [0.05, 0.1) is 17.1 Å². The first-order chi connectivity index (χ1) is 19.0. The monoisotopic (exact) mass is 511 g/mol. The summed E-state index contributed by atoms with van der Waals surface area (Å²) in [5, 5.41) is 12.4. The Morgan fingerprint density at radius 1 is 0.769 bits per heavy atom. The lowest BCUT2D eigenvalue weighted by molar-refractivity contribution is 0.282. The van der Waals surface area contributed by atoms with Gasteiger partial charge in [0.25, 0.3) is 0 Å². The Labute approximate surface area is 224 Å². The van der Waals surface area contributed by atoms with Crippen LogP contribution < -0.4 is 11.4 Å². The number of aromatic nitrogens is 5. The van der Waals surface area contributed by atoms with Crippen molar-refractivity contribution in [2.45, 2.75) is 24.3 Å². The van der Waals surface area contributed by atoms with Crippen LogP contribution in [-0.2, 0) is 5.54 Å². The molecule has 5 aromatic rings. The Morgan fingerprint density at radius 3 is 1.69 bits per heavy atom. The van der Waals surface area contributed by atoms with Crippen molar-refractivity contribution in [3.05, 3.63) is 147 Å². The first kappa shape index (κ1) is 23.1. The topological polar surface area (TPSA) is 85.6 Å². The maximum atomic E-state index is 14.1. The van der Waals surface area contributed by atoms with Gasteiger partial charge in [-0.05, 0) is 30.2 Å². The minimum Gasteiger partial charge on any atom is -0.246 e. The number of aromatic amines is 1. The standard InChI is InChI=1S/C32H25N5O2/c1-20(2)32(37-31(39)36(30(38)35-37)23-16-10-5-11-17-23)24-18-19-25(32)27-26(24)28(21-12-6-3-7-13-21)33-34-29(27)22-14-8-4-9-15-22/h3-19,24-25H,1H2,2H3,(H,35,38). The van der Waals surface area contributed by atoms with Crippen LogP contribution >= 0.6 is 0 Å². The van der Waals surface area contributed by atoms with E-state index in [1.807, 2.05) is 73.7 Å². The quantitative estimate of drug-likeness (QED) is 0.330. The maximum Gasteiger partial charge on any atom is 0.352 e. The molecule has 2 aliphatic carbocycles. The Bertz CT molecular complexity index is 1810. The third-order valence-corrected chi connectivity index (χ3v) is 8.07. The van der Waals surface area contributed by atoms with Crippen molar-refractivity contribution in [1.29, 1.82) is 0 Å². The second-order valence-corrected chi connectivity index (χ2v) is 10.1. The van der Waals surface area contributed by atoms with Gasteiger partial charge >= 0.3 is 11.4 Å². The summed E-state index contributed by atoms with van der Waals surface area (Å²) in [7, 11) is 0. The Balaban J connectivity index is 1.53. The molecule has 0 aliphatic heterocycles. The van der Waals surface area contributed by atoms with Crippen molar-refractivity contribution in [2.24, 2.45) is 0 Å². The van der Waals surface area contributed by atoms with Crippen LogP contribution in [0.4, 0.5) is 0 Å². The van der Waals surface area contributed by atoms with Crippen LogP contribution in [0, 0.1) is 0 Å². The molecule has 2 aliphatic rings. The smallest absolute Gasteiger partial charge is 0.246 e. The molecule has 3 aromatic carbocycles. The lowest BCUT2D eigenvalue weighted by atomic mass is 9.78. The molecular weight excluding hydrogens is 486 g/mol. The number of rotatable bonds is 5. The summed E-state index contributed by atoms with van der Waals surface area (Å²) in [5.74, 6) is -0.578. The third kappa shape index (κ3) is 3.10. The first-order valence-electron chi connectivity index (χ1n) is 12.9. The van der Waals surface area contributed by atoms with E-state index in [1.54, 1.807) is 24.3 Å². The molecular formula is C32H25N5O2. The lowest BCUT2D eigenvalue weighted by Gasteiger charge is -2.35. The number of para-hydroxylation sites is 1. The molecule has 0 amide bonds. The summed E-state index contributed by atoms with van der Waals surface area (Å²) in [5.41, 5.74) is 4.81. The minimum absolute atomic E-state index is 0.289. The third-order valence-electron chi connectivity index (χ3n) is 8.07. The molecule has 2 bridgehead atoms. The molecule has 0 saturated carbocycles. The Kier molecular flexibility index (Phi) is 5.03. The van der Waals surface area contributed by atoms with Gasteiger partial charge in [-0.15, -0.1) is 10.2 Å². The number of hydrogen-bond acceptors (Lipinski definition) is 4. The lowest BCUT2D eigenvalue weighted by Crippen LogP contribution is -2.46. The summed E-state index contributed by atoms with van der Waals surface area (Å²) in [4.78, 5) is 27.3. The normalized spacial score (nSPS) is 20.7. The summed E-state index contributed by atoms with van der Waals surface area (Å²) < 4.78 is 2.67. The van der Waals surface area contributed by atoms with E-state index in [0.29, 0.717) is 5.69 Å². The summed E-state index contributed by atoms with van der Waals surface area (Å²) in [6.07, 6.45) is 4.24. The second-order valence-electron chi connectivity index (χ2n) is 10.1. The second kappa shape index (κ2) is 8.49. The molecule has 0 radical (unpaired) electrons. The number of nitrogens with zero attached hydrogens (tertiary/aromatic N) is 4. The van der Waals surface area contributed by atoms with Gasteiger partial charge in [-0.3, -0.25) is 0 Å². The van der Waals surface area contributed by atoms with Gasteiger partial charge in [0.1, 0.15) is 5.54 Å². The summed E-state index contributed by atoms with van der Waals surface area (Å²) >= 11 is 0. The number of allylic oxidation sites excluding steroid dienone is 3. The molecule has 39 heavy (non-hydrogen) atoms. The highest BCUT2D eigenvalue weighted by Gasteiger charge is 2.60. The highest BCUT2D eigenvalue weighted by molar-refractivity contribution is 5.78. The number of fused-ring (bicyclic) bond motifs is 5. The predicted molar refractivity (Wildman–Crippen MR) is 151 cm³/mol. The van der Waals surface area contributed by atoms with Crippen molar-refractivity contribution in [2.75, 3.05) is 0 Å². The van der Waals surface area contributed by atoms with Gasteiger partial charge in [0.2, 0.25) is 0 Å². The van der Waals surface area contributed by atoms with Gasteiger partial charge in [-0.2, -0.15) is 0 Å². The highest BCUT2D eigenvalue weighted by atomic mass is 16.2. The van der Waals surface area contributed by atoms with Crippen molar-refractivity contribution in [3.63, 3.8) is 0 Å². The van der Waals surface area contributed by atoms with E-state index in [-0.39, 0.29) is 11.8 Å². The largest absolute Gasteiger partial charge is 0.352 e. The Hall–Kier alpha value is -5.04. The molecule has 0 spiro atoms. The van der Waals surface area contributed by atoms with E-state index >= 15 is 0 Å². The van der Waals surface area contributed by atoms with Crippen LogP contribution in [0.25, 0.3) is 28.2 Å². The SMILES string of the molecule is C=C(C)C1(n2[nH]c(=O)n(-c3ccccc3)c2=O)C2C=CC1c1c(-c3ccccc3)nnc(-c3ccccc3)c12. The van der Waals surface area contributed by atoms with Gasteiger partial charge in [-0.1, -0.05) is 103 Å². The van der Waals surface area contributed by atoms with Crippen LogP contribution in [0.5, 0.6) is 0 Å². The molecule has 2 heterocycles. The average molecular weight is 512 g/mol. The van der Waals surface area contributed by atoms with Crippen LogP contribution in [-0.4, -0.2) is 24.5 Å². The maximum absolute atomic E-state index is 14.1. The molecule has 1 N–H and O–H groups in total. The molecule has 0 fully saturated rings. The summed E-state index contributed by atoms with van der Waals surface area (Å²) in [6, 6.07) is 28.9. The number of benzene rings is 3. The van der Waals surface area contributed by atoms with E-state index in [9.17, 15) is 9.59 Å². The van der Waals surface area contributed by atoms with Crippen molar-refractivity contribution >= 4 is 0 Å². The average Bonchev–Trinajstić information content (AvgIpc) is 3.60. The summed E-state index contributed by atoms with van der Waals surface area (Å²) in [6.45, 7) is 6.32. The number of hydrogen-bond donors (Lipinski definition) is 1. The van der Waals surface area contributed by atoms with E-state index in [0.717, 1.165) is 39.2 Å². The van der Waals surface area contributed by atoms with Crippen molar-refractivity contribution in [3.8, 4) is 28.2 Å². The van der Waals surface area contributed by atoms with Crippen LogP contribution in [0.1, 0.15) is 29.9 Å². The van der Waals surface area contributed by atoms with Crippen LogP contribution in [0.2, 0.25) is 0 Å². The molecule has 7 nitrogen and oxygen atoms in total. The fraction of sp³-hybridized carbons (Fsp3) is 0.125. The highest BCUT2D eigenvalue weighted by Crippen LogP contribution is 2.64. The minimum atomic E-state index is -0.962. The van der Waals surface area contributed by atoms with Gasteiger partial charge in [0.15, 0.2) is 0 Å². The van der Waals surface area contributed by atoms with Gasteiger partial charge < -0.3 is 0 Å². The molecule has 7 rings (SSSR count). The van der Waals surface area contributed by atoms with Gasteiger partial charge in [-0.25, -0.2) is 23.9 Å². The van der Waals surface area contributed by atoms with E-state index in [2.05, 4.69) is 23.8 Å². The molecule has 2 atom stereocenters. The van der Waals surface area contributed by atoms with E-state index in [1.165, 1.54) is 9.25 Å². The first-order valence-corrected chi connectivity index (χ1v) is 12.9. The zero-order valence-electron chi connectivity index (χ0n) is 21.3. The number of nitrogens with one attached hydrogen (secondary N) is 1. The fourth-order valence-corrected chi connectivity index (χ4v) is 6.49. The Morgan fingerprint density at radius 2 is 1.23 bits per heavy atom. The fourth-order valence-electron chi connectivity index (χ4n) is 6.49. The van der Waals surface area contributed by atoms with Crippen LogP contribution in [0.15, 0.2) is 125 Å². The number of H-pyrrole nitrogens is 1. The van der Waals surface area contributed by atoms with Crippen molar-refractivity contribution in [1.82, 2.24) is 24.5 Å². The zero-order valence-corrected chi connectivity index (χ0v) is 21.3. The van der Waals surface area contributed by atoms with Crippen LogP contribution in [0.3, 0.4) is 0 Å². The van der Waals surface area contributed by atoms with Crippen molar-refractivity contribution < 1.29 is 0 Å². The van der Waals surface area contributed by atoms with E-state index < -0.39 is 16.9 Å². The molecule has 2 aromatic heterocycles. The molecule has 190 valence electrons. The molecule has 7 heteroatoms. The predicted octanol–water partition coefficient (Wildman–Crippen LogP) is 5.17. The van der Waals surface area contributed by atoms with E-state index in [4.69, 9.17) is 10.2 Å². The van der Waals surface area contributed by atoms with Gasteiger partial charge in [0, 0.05) is 23.0 Å². The zero-order chi connectivity index (χ0) is 26.7.